The van der Waals surface area contributed by atoms with Crippen LogP contribution in [0.2, 0.25) is 0 Å². The molecule has 4 aromatic heterocycles. The Kier molecular flexibility index (Phi) is 5.32. The summed E-state index contributed by atoms with van der Waals surface area (Å²) in [6, 6.07) is 47.2. The van der Waals surface area contributed by atoms with Gasteiger partial charge in [0.05, 0.1) is 11.4 Å². The van der Waals surface area contributed by atoms with Gasteiger partial charge in [-0.25, -0.2) is 9.97 Å². The van der Waals surface area contributed by atoms with E-state index >= 15 is 0 Å². The highest BCUT2D eigenvalue weighted by atomic mass is 32.1. The second kappa shape index (κ2) is 9.57. The Balaban J connectivity index is 1.19. The van der Waals surface area contributed by atoms with Crippen molar-refractivity contribution in [2.24, 2.45) is 0 Å². The fraction of sp³-hybridized carbons (Fsp3) is 0. The SMILES string of the molecule is c1ccc2c(c1)oc1ccc(-c3nc(-c4ccc5c(c4)sc4ccccc45)cc(-c4ccc5c(c4)sc4ccccc45)n3)cc12. The minimum atomic E-state index is 0.697. The summed E-state index contributed by atoms with van der Waals surface area (Å²) in [6.45, 7) is 0. The van der Waals surface area contributed by atoms with E-state index in [0.717, 1.165) is 50.0 Å². The van der Waals surface area contributed by atoms with Crippen LogP contribution in [0.1, 0.15) is 0 Å². The first-order chi connectivity index (χ1) is 22.2. The first kappa shape index (κ1) is 25.0. The molecule has 0 spiro atoms. The molecule has 10 rings (SSSR count). The van der Waals surface area contributed by atoms with Crippen molar-refractivity contribution in [3.8, 4) is 33.9 Å². The van der Waals surface area contributed by atoms with Gasteiger partial charge in [-0.3, -0.25) is 0 Å². The van der Waals surface area contributed by atoms with Crippen molar-refractivity contribution in [2.75, 3.05) is 0 Å². The van der Waals surface area contributed by atoms with Gasteiger partial charge < -0.3 is 4.42 Å². The zero-order valence-electron chi connectivity index (χ0n) is 23.8. The van der Waals surface area contributed by atoms with Gasteiger partial charge in [-0.2, -0.15) is 0 Å². The van der Waals surface area contributed by atoms with Gasteiger partial charge >= 0.3 is 0 Å². The third kappa shape index (κ3) is 3.95. The summed E-state index contributed by atoms with van der Waals surface area (Å²) in [4.78, 5) is 10.4. The molecule has 3 nitrogen and oxygen atoms in total. The molecule has 0 aliphatic heterocycles. The maximum Gasteiger partial charge on any atom is 0.160 e. The van der Waals surface area contributed by atoms with Gasteiger partial charge in [-0.1, -0.05) is 78.9 Å². The Morgan fingerprint density at radius 1 is 0.378 bits per heavy atom. The average Bonchev–Trinajstić information content (AvgIpc) is 3.78. The minimum absolute atomic E-state index is 0.697. The van der Waals surface area contributed by atoms with E-state index in [1.807, 2.05) is 46.9 Å². The van der Waals surface area contributed by atoms with E-state index in [1.54, 1.807) is 0 Å². The van der Waals surface area contributed by atoms with Crippen molar-refractivity contribution in [3.05, 3.63) is 133 Å². The van der Waals surface area contributed by atoms with Crippen LogP contribution in [0.4, 0.5) is 0 Å². The summed E-state index contributed by atoms with van der Waals surface area (Å²) in [5.74, 6) is 0.697. The number of thiophene rings is 2. The number of rotatable bonds is 3. The van der Waals surface area contributed by atoms with E-state index < -0.39 is 0 Å². The van der Waals surface area contributed by atoms with Crippen LogP contribution in [-0.2, 0) is 0 Å². The summed E-state index contributed by atoms with van der Waals surface area (Å²) in [5.41, 5.74) is 6.68. The predicted molar refractivity (Wildman–Crippen MR) is 191 cm³/mol. The van der Waals surface area contributed by atoms with Crippen LogP contribution in [-0.4, -0.2) is 9.97 Å². The molecule has 0 amide bonds. The molecule has 0 bridgehead atoms. The molecule has 5 heteroatoms. The second-order valence-corrected chi connectivity index (χ2v) is 13.6. The fourth-order valence-corrected chi connectivity index (χ4v) is 8.80. The number of nitrogens with zero attached hydrogens (tertiary/aromatic N) is 2. The van der Waals surface area contributed by atoms with Crippen LogP contribution in [0.5, 0.6) is 0 Å². The Bertz CT molecular complexity index is 2650. The van der Waals surface area contributed by atoms with Gasteiger partial charge in [0, 0.05) is 67.8 Å². The van der Waals surface area contributed by atoms with Crippen molar-refractivity contribution in [1.29, 1.82) is 0 Å². The van der Waals surface area contributed by atoms with E-state index in [2.05, 4.69) is 109 Å². The Morgan fingerprint density at radius 2 is 0.889 bits per heavy atom. The lowest BCUT2D eigenvalue weighted by atomic mass is 10.0. The van der Waals surface area contributed by atoms with Gasteiger partial charge in [0.15, 0.2) is 5.82 Å². The zero-order valence-corrected chi connectivity index (χ0v) is 25.5. The first-order valence-corrected chi connectivity index (χ1v) is 16.5. The lowest BCUT2D eigenvalue weighted by molar-refractivity contribution is 0.669. The molecule has 0 atom stereocenters. The first-order valence-electron chi connectivity index (χ1n) is 14.9. The Hall–Kier alpha value is -5.36. The smallest absolute Gasteiger partial charge is 0.160 e. The van der Waals surface area contributed by atoms with E-state index in [9.17, 15) is 0 Å². The van der Waals surface area contributed by atoms with Crippen LogP contribution in [0.25, 0.3) is 96.2 Å². The molecule has 6 aromatic carbocycles. The zero-order chi connectivity index (χ0) is 29.5. The molecule has 0 radical (unpaired) electrons. The highest BCUT2D eigenvalue weighted by molar-refractivity contribution is 7.26. The molecular formula is C40H22N2OS2. The molecular weight excluding hydrogens is 589 g/mol. The van der Waals surface area contributed by atoms with Gasteiger partial charge in [-0.15, -0.1) is 22.7 Å². The lowest BCUT2D eigenvalue weighted by Gasteiger charge is -2.10. The van der Waals surface area contributed by atoms with Crippen LogP contribution < -0.4 is 0 Å². The van der Waals surface area contributed by atoms with Crippen molar-refractivity contribution < 1.29 is 4.42 Å². The Labute approximate surface area is 265 Å². The maximum absolute atomic E-state index is 6.12. The number of aromatic nitrogens is 2. The van der Waals surface area contributed by atoms with E-state index in [-0.39, 0.29) is 0 Å². The van der Waals surface area contributed by atoms with Gasteiger partial charge in [0.1, 0.15) is 11.2 Å². The molecule has 0 unspecified atom stereocenters. The van der Waals surface area contributed by atoms with Gasteiger partial charge in [0.25, 0.3) is 0 Å². The molecule has 210 valence electrons. The van der Waals surface area contributed by atoms with Crippen LogP contribution in [0.3, 0.4) is 0 Å². The third-order valence-corrected chi connectivity index (χ3v) is 11.0. The number of para-hydroxylation sites is 1. The van der Waals surface area contributed by atoms with E-state index in [4.69, 9.17) is 14.4 Å². The Morgan fingerprint density at radius 3 is 1.53 bits per heavy atom. The third-order valence-electron chi connectivity index (χ3n) is 8.71. The highest BCUT2D eigenvalue weighted by Crippen LogP contribution is 2.39. The molecule has 0 aliphatic carbocycles. The molecule has 0 saturated carbocycles. The van der Waals surface area contributed by atoms with Crippen molar-refractivity contribution >= 4 is 85.0 Å². The summed E-state index contributed by atoms with van der Waals surface area (Å²) in [7, 11) is 0. The van der Waals surface area contributed by atoms with Gasteiger partial charge in [0.2, 0.25) is 0 Å². The number of hydrogen-bond donors (Lipinski definition) is 0. The largest absolute Gasteiger partial charge is 0.456 e. The average molecular weight is 611 g/mol. The molecule has 0 fully saturated rings. The quantitative estimate of drug-likeness (QED) is 0.200. The summed E-state index contributed by atoms with van der Waals surface area (Å²) in [6.07, 6.45) is 0. The maximum atomic E-state index is 6.12. The topological polar surface area (TPSA) is 38.9 Å². The summed E-state index contributed by atoms with van der Waals surface area (Å²) < 4.78 is 11.2. The van der Waals surface area contributed by atoms with Crippen molar-refractivity contribution in [2.45, 2.75) is 0 Å². The van der Waals surface area contributed by atoms with Crippen LogP contribution in [0, 0.1) is 0 Å². The van der Waals surface area contributed by atoms with Crippen molar-refractivity contribution in [1.82, 2.24) is 9.97 Å². The standard InChI is InChI=1S/C40H22N2OS2/c1-4-10-34-26(7-1)31-19-25(15-18-35(31)43-34)40-41-32(23-13-16-29-27-8-2-5-11-36(27)44-38(29)20-23)22-33(42-40)24-14-17-30-28-9-3-6-12-37(28)45-39(30)21-24/h1-22H. The molecule has 0 aliphatic rings. The monoisotopic (exact) mass is 610 g/mol. The van der Waals surface area contributed by atoms with Crippen molar-refractivity contribution in [3.63, 3.8) is 0 Å². The predicted octanol–water partition coefficient (Wildman–Crippen LogP) is 12.1. The van der Waals surface area contributed by atoms with Crippen LogP contribution in [0.15, 0.2) is 138 Å². The van der Waals surface area contributed by atoms with E-state index in [0.29, 0.717) is 5.82 Å². The number of furan rings is 1. The molecule has 4 heterocycles. The number of hydrogen-bond acceptors (Lipinski definition) is 5. The molecule has 10 aromatic rings. The molecule has 45 heavy (non-hydrogen) atoms. The second-order valence-electron chi connectivity index (χ2n) is 11.4. The van der Waals surface area contributed by atoms with E-state index in [1.165, 1.54) is 40.3 Å². The highest BCUT2D eigenvalue weighted by Gasteiger charge is 2.16. The molecule has 0 N–H and O–H groups in total. The lowest BCUT2D eigenvalue weighted by Crippen LogP contribution is -1.96. The number of fused-ring (bicyclic) bond motifs is 9. The normalized spacial score (nSPS) is 12.0. The summed E-state index contributed by atoms with van der Waals surface area (Å²) in [5, 5.41) is 7.31. The van der Waals surface area contributed by atoms with Gasteiger partial charge in [-0.05, 0) is 54.6 Å². The fourth-order valence-electron chi connectivity index (χ4n) is 6.51. The summed E-state index contributed by atoms with van der Waals surface area (Å²) >= 11 is 3.65. The van der Waals surface area contributed by atoms with Crippen LogP contribution >= 0.6 is 22.7 Å². The minimum Gasteiger partial charge on any atom is -0.456 e. The number of benzene rings is 6. The molecule has 0 saturated heterocycles.